The number of aromatic nitrogens is 1. The van der Waals surface area contributed by atoms with Crippen molar-refractivity contribution in [1.82, 2.24) is 9.88 Å². The van der Waals surface area contributed by atoms with Crippen LogP contribution in [0.5, 0.6) is 0 Å². The maximum absolute atomic E-state index is 12.0. The first-order valence-electron chi connectivity index (χ1n) is 7.90. The highest BCUT2D eigenvalue weighted by molar-refractivity contribution is 7.13. The van der Waals surface area contributed by atoms with Gasteiger partial charge in [0.1, 0.15) is 10.5 Å². The highest BCUT2D eigenvalue weighted by atomic mass is 32.1. The molecule has 7 heteroatoms. The molecule has 2 heterocycles. The van der Waals surface area contributed by atoms with Crippen molar-refractivity contribution in [3.05, 3.63) is 16.1 Å². The second-order valence-electron chi connectivity index (χ2n) is 6.87. The minimum atomic E-state index is -0.917. The van der Waals surface area contributed by atoms with Gasteiger partial charge in [-0.1, -0.05) is 0 Å². The van der Waals surface area contributed by atoms with Gasteiger partial charge in [-0.15, -0.1) is 11.3 Å². The zero-order valence-electron chi connectivity index (χ0n) is 13.9. The lowest BCUT2D eigenvalue weighted by Crippen LogP contribution is -2.41. The third kappa shape index (κ3) is 5.49. The lowest BCUT2D eigenvalue weighted by atomic mass is 9.92. The van der Waals surface area contributed by atoms with E-state index in [0.717, 1.165) is 43.8 Å². The predicted octanol–water partition coefficient (Wildman–Crippen LogP) is 3.42. The summed E-state index contributed by atoms with van der Waals surface area (Å²) in [6.07, 6.45) is 4.88. The van der Waals surface area contributed by atoms with Crippen molar-refractivity contribution in [3.63, 3.8) is 0 Å². The van der Waals surface area contributed by atoms with E-state index >= 15 is 0 Å². The SMILES string of the molecule is CC(C)(C)OC(=O)N1CCC(CCc2ncc(C(=O)O)s2)CC1. The summed E-state index contributed by atoms with van der Waals surface area (Å²) in [6.45, 7) is 7.06. The van der Waals surface area contributed by atoms with Gasteiger partial charge in [0, 0.05) is 13.1 Å². The van der Waals surface area contributed by atoms with Crippen LogP contribution in [0.1, 0.15) is 54.7 Å². The number of carboxylic acids is 1. The van der Waals surface area contributed by atoms with E-state index < -0.39 is 11.6 Å². The summed E-state index contributed by atoms with van der Waals surface area (Å²) < 4.78 is 5.39. The number of hydrogen-bond donors (Lipinski definition) is 1. The van der Waals surface area contributed by atoms with Gasteiger partial charge in [0.05, 0.1) is 11.2 Å². The third-order valence-electron chi connectivity index (χ3n) is 3.80. The largest absolute Gasteiger partial charge is 0.477 e. The molecule has 0 bridgehead atoms. The standard InChI is InChI=1S/C16H24N2O4S/c1-16(2,3)22-15(21)18-8-6-11(7-9-18)4-5-13-17-10-12(23-13)14(19)20/h10-11H,4-9H2,1-3H3,(H,19,20). The lowest BCUT2D eigenvalue weighted by molar-refractivity contribution is 0.0181. The van der Waals surface area contributed by atoms with Crippen LogP contribution in [0.4, 0.5) is 4.79 Å². The van der Waals surface area contributed by atoms with Crippen molar-refractivity contribution in [2.45, 2.75) is 52.1 Å². The number of carbonyl (C=O) groups is 2. The predicted molar refractivity (Wildman–Crippen MR) is 87.9 cm³/mol. The summed E-state index contributed by atoms with van der Waals surface area (Å²) in [5.74, 6) is -0.370. The topological polar surface area (TPSA) is 79.7 Å². The Balaban J connectivity index is 1.74. The van der Waals surface area contributed by atoms with Gasteiger partial charge >= 0.3 is 12.1 Å². The van der Waals surface area contributed by atoms with Gasteiger partial charge in [0.2, 0.25) is 0 Å². The van der Waals surface area contributed by atoms with Gasteiger partial charge in [-0.05, 0) is 52.4 Å². The van der Waals surface area contributed by atoms with Crippen molar-refractivity contribution in [2.75, 3.05) is 13.1 Å². The average molecular weight is 340 g/mol. The quantitative estimate of drug-likeness (QED) is 0.908. The van der Waals surface area contributed by atoms with E-state index in [2.05, 4.69) is 4.98 Å². The van der Waals surface area contributed by atoms with Gasteiger partial charge in [-0.25, -0.2) is 14.6 Å². The monoisotopic (exact) mass is 340 g/mol. The second kappa shape index (κ2) is 7.29. The van der Waals surface area contributed by atoms with Crippen LogP contribution in [0, 0.1) is 5.92 Å². The summed E-state index contributed by atoms with van der Waals surface area (Å²) in [4.78, 5) is 29.1. The van der Waals surface area contributed by atoms with Crippen LogP contribution in [0.3, 0.4) is 0 Å². The van der Waals surface area contributed by atoms with Crippen LogP contribution >= 0.6 is 11.3 Å². The Labute approximate surface area is 140 Å². The van der Waals surface area contributed by atoms with Crippen molar-refractivity contribution < 1.29 is 19.4 Å². The fraction of sp³-hybridized carbons (Fsp3) is 0.688. The van der Waals surface area contributed by atoms with E-state index in [1.54, 1.807) is 4.90 Å². The number of aryl methyl sites for hydroxylation is 1. The Hall–Kier alpha value is -1.63. The molecule has 1 saturated heterocycles. The van der Waals surface area contributed by atoms with Crippen molar-refractivity contribution >= 4 is 23.4 Å². The molecule has 1 aliphatic heterocycles. The van der Waals surface area contributed by atoms with Crippen LogP contribution in [-0.2, 0) is 11.2 Å². The number of likely N-dealkylation sites (tertiary alicyclic amines) is 1. The minimum absolute atomic E-state index is 0.234. The minimum Gasteiger partial charge on any atom is -0.477 e. The van der Waals surface area contributed by atoms with E-state index in [1.807, 2.05) is 20.8 Å². The lowest BCUT2D eigenvalue weighted by Gasteiger charge is -2.33. The summed E-state index contributed by atoms with van der Waals surface area (Å²) >= 11 is 1.25. The van der Waals surface area contributed by atoms with E-state index in [0.29, 0.717) is 10.8 Å². The fourth-order valence-electron chi connectivity index (χ4n) is 2.58. The molecule has 6 nitrogen and oxygen atoms in total. The smallest absolute Gasteiger partial charge is 0.410 e. The molecule has 0 saturated carbocycles. The van der Waals surface area contributed by atoms with Crippen molar-refractivity contribution in [2.24, 2.45) is 5.92 Å². The average Bonchev–Trinajstić information content (AvgIpc) is 2.93. The molecule has 1 aromatic heterocycles. The maximum Gasteiger partial charge on any atom is 0.410 e. The molecule has 1 aromatic rings. The number of ether oxygens (including phenoxy) is 1. The molecule has 0 spiro atoms. The number of carboxylic acid groups (broad SMARTS) is 1. The number of nitrogens with zero attached hydrogens (tertiary/aromatic N) is 2. The Morgan fingerprint density at radius 3 is 2.57 bits per heavy atom. The summed E-state index contributed by atoms with van der Waals surface area (Å²) in [5, 5.41) is 9.77. The molecule has 0 aliphatic carbocycles. The number of aromatic carboxylic acids is 1. The van der Waals surface area contributed by atoms with Crippen LogP contribution in [0.25, 0.3) is 0 Å². The highest BCUT2D eigenvalue weighted by Gasteiger charge is 2.26. The Kier molecular flexibility index (Phi) is 5.62. The Bertz CT molecular complexity index is 557. The van der Waals surface area contributed by atoms with Gasteiger partial charge in [-0.2, -0.15) is 0 Å². The molecule has 1 amide bonds. The first-order chi connectivity index (χ1) is 10.7. The summed E-state index contributed by atoms with van der Waals surface area (Å²) in [5.41, 5.74) is -0.458. The van der Waals surface area contributed by atoms with Gasteiger partial charge in [0.15, 0.2) is 0 Å². The molecule has 0 aromatic carbocycles. The number of piperidine rings is 1. The molecule has 128 valence electrons. The number of hydrogen-bond acceptors (Lipinski definition) is 5. The van der Waals surface area contributed by atoms with Gasteiger partial charge in [-0.3, -0.25) is 0 Å². The number of rotatable bonds is 4. The van der Waals surface area contributed by atoms with Gasteiger partial charge in [0.25, 0.3) is 0 Å². The summed E-state index contributed by atoms with van der Waals surface area (Å²) in [7, 11) is 0. The zero-order valence-corrected chi connectivity index (χ0v) is 14.7. The zero-order chi connectivity index (χ0) is 17.0. The molecular weight excluding hydrogens is 316 g/mol. The van der Waals surface area contributed by atoms with Crippen LogP contribution in [0.15, 0.2) is 6.20 Å². The molecule has 0 radical (unpaired) electrons. The van der Waals surface area contributed by atoms with Crippen molar-refractivity contribution in [1.29, 1.82) is 0 Å². The summed E-state index contributed by atoms with van der Waals surface area (Å²) in [6, 6.07) is 0. The number of amides is 1. The van der Waals surface area contributed by atoms with E-state index in [1.165, 1.54) is 17.5 Å². The molecule has 0 unspecified atom stereocenters. The number of carbonyl (C=O) groups excluding carboxylic acids is 1. The van der Waals surface area contributed by atoms with E-state index in [4.69, 9.17) is 9.84 Å². The van der Waals surface area contributed by atoms with E-state index in [-0.39, 0.29) is 6.09 Å². The van der Waals surface area contributed by atoms with Crippen molar-refractivity contribution in [3.8, 4) is 0 Å². The normalized spacial score (nSPS) is 16.4. The molecule has 1 fully saturated rings. The molecule has 23 heavy (non-hydrogen) atoms. The highest BCUT2D eigenvalue weighted by Crippen LogP contribution is 2.25. The van der Waals surface area contributed by atoms with Crippen LogP contribution in [0.2, 0.25) is 0 Å². The number of thiazole rings is 1. The third-order valence-corrected chi connectivity index (χ3v) is 4.84. The first-order valence-corrected chi connectivity index (χ1v) is 8.72. The first kappa shape index (κ1) is 17.7. The molecular formula is C16H24N2O4S. The molecule has 1 aliphatic rings. The Morgan fingerprint density at radius 2 is 2.04 bits per heavy atom. The van der Waals surface area contributed by atoms with Gasteiger partial charge < -0.3 is 14.7 Å². The second-order valence-corrected chi connectivity index (χ2v) is 7.99. The van der Waals surface area contributed by atoms with Crippen LogP contribution < -0.4 is 0 Å². The molecule has 1 N–H and O–H groups in total. The van der Waals surface area contributed by atoms with Crippen LogP contribution in [-0.4, -0.2) is 45.7 Å². The fourth-order valence-corrected chi connectivity index (χ4v) is 3.35. The molecule has 2 rings (SSSR count). The van der Waals surface area contributed by atoms with E-state index in [9.17, 15) is 9.59 Å². The Morgan fingerprint density at radius 1 is 1.39 bits per heavy atom. The molecule has 0 atom stereocenters. The maximum atomic E-state index is 12.0.